The molecule has 1 amide bonds. The second-order valence-electron chi connectivity index (χ2n) is 8.13. The summed E-state index contributed by atoms with van der Waals surface area (Å²) in [7, 11) is 8.58. The summed E-state index contributed by atoms with van der Waals surface area (Å²) in [6, 6.07) is 11.0. The molecule has 8 heteroatoms. The van der Waals surface area contributed by atoms with Crippen molar-refractivity contribution in [1.29, 1.82) is 0 Å². The molecule has 2 aromatic rings. The van der Waals surface area contributed by atoms with Crippen molar-refractivity contribution < 1.29 is 33.8 Å². The highest BCUT2D eigenvalue weighted by atomic mass is 16.5. The summed E-state index contributed by atoms with van der Waals surface area (Å²) in [6.07, 6.45) is 0.700. The fourth-order valence-electron chi connectivity index (χ4n) is 3.97. The number of carbonyl (C=O) groups excluding carboxylic acids is 2. The number of hydrogen-bond donors (Lipinski definition) is 1. The Bertz CT molecular complexity index is 1050. The van der Waals surface area contributed by atoms with Gasteiger partial charge in [0.25, 0.3) is 5.91 Å². The third kappa shape index (κ3) is 4.96. The van der Waals surface area contributed by atoms with Crippen LogP contribution in [0.25, 0.3) is 5.76 Å². The molecule has 3 rings (SSSR count). The molecular formula is C25H30N2O6. The van der Waals surface area contributed by atoms with Crippen molar-refractivity contribution in [3.63, 3.8) is 0 Å². The molecule has 0 saturated carbocycles. The number of quaternary nitrogens is 1. The lowest BCUT2D eigenvalue weighted by molar-refractivity contribution is -0.858. The van der Waals surface area contributed by atoms with E-state index in [0.29, 0.717) is 35.8 Å². The van der Waals surface area contributed by atoms with E-state index in [1.807, 2.05) is 14.1 Å². The Labute approximate surface area is 194 Å². The fourth-order valence-corrected chi connectivity index (χ4v) is 3.97. The second kappa shape index (κ2) is 10.4. The standard InChI is InChI=1S/C25H30N2O6/c1-26(2)13-6-14-27-22(16-7-10-18(31-3)11-8-16)21(24(29)25(27)30)23(28)17-9-12-19(32-4)20(15-17)33-5/h7-12,15,22,28H,6,13-14H2,1-5H3. The molecule has 0 aromatic heterocycles. The number of nitrogens with zero attached hydrogens (tertiary/aromatic N) is 1. The molecule has 0 aliphatic carbocycles. The smallest absolute Gasteiger partial charge is 0.295 e. The monoisotopic (exact) mass is 454 g/mol. The van der Waals surface area contributed by atoms with Crippen molar-refractivity contribution >= 4 is 17.4 Å². The first kappa shape index (κ1) is 24.1. The van der Waals surface area contributed by atoms with Gasteiger partial charge < -0.3 is 29.1 Å². The first-order valence-electron chi connectivity index (χ1n) is 10.7. The number of Topliss-reactive ketones (excluding diaryl/α,β-unsaturated/α-hetero) is 1. The first-order valence-corrected chi connectivity index (χ1v) is 10.7. The van der Waals surface area contributed by atoms with Crippen molar-refractivity contribution in [2.75, 3.05) is 48.5 Å². The highest BCUT2D eigenvalue weighted by molar-refractivity contribution is 6.46. The van der Waals surface area contributed by atoms with Gasteiger partial charge in [-0.15, -0.1) is 0 Å². The molecule has 1 atom stereocenters. The topological polar surface area (TPSA) is 92.6 Å². The normalized spacial score (nSPS) is 17.5. The van der Waals surface area contributed by atoms with Crippen LogP contribution in [-0.2, 0) is 9.59 Å². The van der Waals surface area contributed by atoms with Crippen LogP contribution in [0.15, 0.2) is 48.0 Å². The van der Waals surface area contributed by atoms with Gasteiger partial charge in [0.05, 0.1) is 48.0 Å². The van der Waals surface area contributed by atoms with Gasteiger partial charge in [0.15, 0.2) is 11.5 Å². The quantitative estimate of drug-likeness (QED) is 0.337. The SMILES string of the molecule is COc1ccc(C2C(=C([O-])c3ccc(OC)c(OC)c3)C(=O)C(=O)N2CCC[NH+](C)C)cc1. The number of likely N-dealkylation sites (tertiary alicyclic amines) is 1. The lowest BCUT2D eigenvalue weighted by Gasteiger charge is -2.28. The van der Waals surface area contributed by atoms with E-state index in [4.69, 9.17) is 14.2 Å². The largest absolute Gasteiger partial charge is 0.872 e. The highest BCUT2D eigenvalue weighted by Crippen LogP contribution is 2.40. The molecule has 0 spiro atoms. The number of ketones is 1. The van der Waals surface area contributed by atoms with E-state index in [-0.39, 0.29) is 11.1 Å². The lowest BCUT2D eigenvalue weighted by atomic mass is 9.95. The van der Waals surface area contributed by atoms with Crippen LogP contribution < -0.4 is 24.2 Å². The van der Waals surface area contributed by atoms with E-state index >= 15 is 0 Å². The molecular weight excluding hydrogens is 424 g/mol. The Hall–Kier alpha value is -3.52. The van der Waals surface area contributed by atoms with Crippen LogP contribution in [0.5, 0.6) is 17.2 Å². The summed E-state index contributed by atoms with van der Waals surface area (Å²) in [5.74, 6) is -0.457. The van der Waals surface area contributed by atoms with Crippen molar-refractivity contribution in [1.82, 2.24) is 4.90 Å². The number of benzene rings is 2. The van der Waals surface area contributed by atoms with Crippen molar-refractivity contribution in [3.05, 3.63) is 59.2 Å². The zero-order valence-corrected chi connectivity index (χ0v) is 19.6. The minimum atomic E-state index is -0.771. The summed E-state index contributed by atoms with van der Waals surface area (Å²) >= 11 is 0. The Morgan fingerprint density at radius 2 is 1.64 bits per heavy atom. The minimum absolute atomic E-state index is 0.0606. The molecule has 0 bridgehead atoms. The Kier molecular flexibility index (Phi) is 7.60. The summed E-state index contributed by atoms with van der Waals surface area (Å²) in [5.41, 5.74) is 0.868. The van der Waals surface area contributed by atoms with Crippen LogP contribution in [0, 0.1) is 0 Å². The van der Waals surface area contributed by atoms with Gasteiger partial charge in [-0.3, -0.25) is 9.59 Å². The maximum Gasteiger partial charge on any atom is 0.295 e. The number of hydrogen-bond acceptors (Lipinski definition) is 6. The predicted molar refractivity (Wildman–Crippen MR) is 121 cm³/mol. The Balaban J connectivity index is 2.11. The molecule has 1 heterocycles. The van der Waals surface area contributed by atoms with Crippen LogP contribution in [-0.4, -0.2) is 65.1 Å². The Morgan fingerprint density at radius 1 is 0.970 bits per heavy atom. The van der Waals surface area contributed by atoms with Gasteiger partial charge in [-0.1, -0.05) is 24.0 Å². The van der Waals surface area contributed by atoms with Gasteiger partial charge in [0.2, 0.25) is 5.78 Å². The molecule has 2 aromatic carbocycles. The fraction of sp³-hybridized carbons (Fsp3) is 0.360. The van der Waals surface area contributed by atoms with Crippen molar-refractivity contribution in [2.45, 2.75) is 12.5 Å². The highest BCUT2D eigenvalue weighted by Gasteiger charge is 2.44. The zero-order chi connectivity index (χ0) is 24.1. The summed E-state index contributed by atoms with van der Waals surface area (Å²) < 4.78 is 15.8. The zero-order valence-electron chi connectivity index (χ0n) is 19.6. The van der Waals surface area contributed by atoms with Crippen molar-refractivity contribution in [2.24, 2.45) is 0 Å². The molecule has 1 N–H and O–H groups in total. The van der Waals surface area contributed by atoms with Crippen molar-refractivity contribution in [3.8, 4) is 17.2 Å². The molecule has 1 aliphatic rings. The van der Waals surface area contributed by atoms with Crippen LogP contribution in [0.1, 0.15) is 23.6 Å². The van der Waals surface area contributed by atoms with E-state index in [1.54, 1.807) is 43.5 Å². The number of nitrogens with one attached hydrogen (secondary N) is 1. The number of carbonyl (C=O) groups is 2. The molecule has 176 valence electrons. The molecule has 0 radical (unpaired) electrons. The third-order valence-electron chi connectivity index (χ3n) is 5.68. The lowest BCUT2D eigenvalue weighted by Crippen LogP contribution is -3.05. The molecule has 1 saturated heterocycles. The van der Waals surface area contributed by atoms with Gasteiger partial charge in [-0.25, -0.2) is 0 Å². The van der Waals surface area contributed by atoms with Gasteiger partial charge in [-0.05, 0) is 35.4 Å². The third-order valence-corrected chi connectivity index (χ3v) is 5.68. The number of rotatable bonds is 9. The number of amides is 1. The van der Waals surface area contributed by atoms with Gasteiger partial charge >= 0.3 is 0 Å². The molecule has 1 unspecified atom stereocenters. The first-order chi connectivity index (χ1) is 15.8. The minimum Gasteiger partial charge on any atom is -0.872 e. The predicted octanol–water partition coefficient (Wildman–Crippen LogP) is 0.471. The van der Waals surface area contributed by atoms with Gasteiger partial charge in [0, 0.05) is 18.5 Å². The average Bonchev–Trinajstić information content (AvgIpc) is 3.08. The van der Waals surface area contributed by atoms with Gasteiger partial charge in [0.1, 0.15) is 5.75 Å². The van der Waals surface area contributed by atoms with E-state index < -0.39 is 23.5 Å². The van der Waals surface area contributed by atoms with Crippen LogP contribution >= 0.6 is 0 Å². The Morgan fingerprint density at radius 3 is 2.21 bits per heavy atom. The maximum absolute atomic E-state index is 13.5. The van der Waals surface area contributed by atoms with E-state index in [0.717, 1.165) is 6.54 Å². The van der Waals surface area contributed by atoms with E-state index in [1.165, 1.54) is 30.1 Å². The van der Waals surface area contributed by atoms with Gasteiger partial charge in [-0.2, -0.15) is 0 Å². The second-order valence-corrected chi connectivity index (χ2v) is 8.13. The molecule has 1 aliphatic heterocycles. The number of ether oxygens (including phenoxy) is 3. The van der Waals surface area contributed by atoms with E-state index in [2.05, 4.69) is 0 Å². The van der Waals surface area contributed by atoms with Crippen LogP contribution in [0.4, 0.5) is 0 Å². The summed E-state index contributed by atoms with van der Waals surface area (Å²) in [4.78, 5) is 28.8. The number of methoxy groups -OCH3 is 3. The molecule has 1 fully saturated rings. The molecule has 8 nitrogen and oxygen atoms in total. The van der Waals surface area contributed by atoms with E-state index in [9.17, 15) is 14.7 Å². The maximum atomic E-state index is 13.5. The average molecular weight is 455 g/mol. The van der Waals surface area contributed by atoms with Crippen LogP contribution in [0.3, 0.4) is 0 Å². The summed E-state index contributed by atoms with van der Waals surface area (Å²) in [5, 5.41) is 13.5. The van der Waals surface area contributed by atoms with Crippen LogP contribution in [0.2, 0.25) is 0 Å². The summed E-state index contributed by atoms with van der Waals surface area (Å²) in [6.45, 7) is 1.20. The molecule has 33 heavy (non-hydrogen) atoms.